The molecule has 3 atom stereocenters. The van der Waals surface area contributed by atoms with Gasteiger partial charge in [-0.2, -0.15) is 0 Å². The highest BCUT2D eigenvalue weighted by Gasteiger charge is 2.42. The summed E-state index contributed by atoms with van der Waals surface area (Å²) < 4.78 is 24.4. The number of hydrogen-bond donors (Lipinski definition) is 2. The second kappa shape index (κ2) is 5.90. The molecule has 21 heavy (non-hydrogen) atoms. The third-order valence-corrected chi connectivity index (χ3v) is 5.32. The quantitative estimate of drug-likeness (QED) is 0.668. The van der Waals surface area contributed by atoms with E-state index >= 15 is 0 Å². The Morgan fingerprint density at radius 2 is 1.90 bits per heavy atom. The van der Waals surface area contributed by atoms with Crippen molar-refractivity contribution in [2.24, 2.45) is 5.92 Å². The first-order chi connectivity index (χ1) is 9.70. The highest BCUT2D eigenvalue weighted by molar-refractivity contribution is 7.88. The van der Waals surface area contributed by atoms with Gasteiger partial charge in [-0.25, -0.2) is 17.5 Å². The number of amides is 1. The van der Waals surface area contributed by atoms with E-state index in [1.807, 2.05) is 0 Å². The molecule has 2 heterocycles. The summed E-state index contributed by atoms with van der Waals surface area (Å²) in [6.07, 6.45) is 1.37. The number of rotatable bonds is 3. The Balaban J connectivity index is 2.10. The van der Waals surface area contributed by atoms with Crippen molar-refractivity contribution in [2.45, 2.75) is 31.4 Å². The van der Waals surface area contributed by atoms with E-state index in [1.54, 1.807) is 0 Å². The van der Waals surface area contributed by atoms with Crippen LogP contribution in [0.25, 0.3) is 0 Å². The lowest BCUT2D eigenvalue weighted by Gasteiger charge is -2.33. The number of carboxylic acid groups (broad SMARTS) is 1. The van der Waals surface area contributed by atoms with Gasteiger partial charge in [0, 0.05) is 26.1 Å². The molecular formula is C12H20N2O6S. The van der Waals surface area contributed by atoms with Gasteiger partial charge in [0.1, 0.15) is 6.04 Å². The fourth-order valence-corrected chi connectivity index (χ4v) is 3.88. The van der Waals surface area contributed by atoms with Gasteiger partial charge in [-0.05, 0) is 12.8 Å². The topological polar surface area (TPSA) is 115 Å². The largest absolute Gasteiger partial charge is 0.480 e. The van der Waals surface area contributed by atoms with Crippen LogP contribution in [0.4, 0.5) is 0 Å². The van der Waals surface area contributed by atoms with Crippen molar-refractivity contribution in [3.63, 3.8) is 0 Å². The van der Waals surface area contributed by atoms with Gasteiger partial charge in [0.25, 0.3) is 0 Å². The number of aliphatic hydroxyl groups excluding tert-OH is 1. The molecule has 2 aliphatic heterocycles. The lowest BCUT2D eigenvalue weighted by molar-refractivity contribution is -0.150. The number of likely N-dealkylation sites (tertiary alicyclic amines) is 1. The van der Waals surface area contributed by atoms with Crippen molar-refractivity contribution in [1.29, 1.82) is 0 Å². The van der Waals surface area contributed by atoms with E-state index in [0.29, 0.717) is 19.4 Å². The number of β-amino-alcohol motifs (C(OH)–C–C–N with tert-alkyl or cyclic N) is 1. The molecule has 2 aliphatic rings. The van der Waals surface area contributed by atoms with Gasteiger partial charge >= 0.3 is 5.97 Å². The van der Waals surface area contributed by atoms with Crippen molar-refractivity contribution in [2.75, 3.05) is 25.9 Å². The van der Waals surface area contributed by atoms with E-state index < -0.39 is 34.1 Å². The molecule has 0 aromatic carbocycles. The molecule has 2 rings (SSSR count). The number of piperidine rings is 1. The standard InChI is InChI=1S/C12H20N2O6S/c1-21(19,20)13-4-2-3-8(6-13)11(16)14-7-9(15)5-10(14)12(17)18/h8-10,15H,2-7H2,1H3,(H,17,18). The summed E-state index contributed by atoms with van der Waals surface area (Å²) in [5.41, 5.74) is 0. The van der Waals surface area contributed by atoms with Crippen molar-refractivity contribution < 1.29 is 28.2 Å². The minimum Gasteiger partial charge on any atom is -0.480 e. The molecule has 0 spiro atoms. The number of carboxylic acids is 1. The van der Waals surface area contributed by atoms with Crippen molar-refractivity contribution in [3.8, 4) is 0 Å². The summed E-state index contributed by atoms with van der Waals surface area (Å²) in [4.78, 5) is 24.8. The van der Waals surface area contributed by atoms with Crippen LogP contribution in [0.3, 0.4) is 0 Å². The Hall–Kier alpha value is -1.19. The molecular weight excluding hydrogens is 300 g/mol. The second-order valence-electron chi connectivity index (χ2n) is 5.69. The minimum atomic E-state index is -3.36. The van der Waals surface area contributed by atoms with Gasteiger partial charge in [0.2, 0.25) is 15.9 Å². The van der Waals surface area contributed by atoms with E-state index in [-0.39, 0.29) is 25.4 Å². The van der Waals surface area contributed by atoms with Crippen LogP contribution in [0.15, 0.2) is 0 Å². The molecule has 0 saturated carbocycles. The third kappa shape index (κ3) is 3.53. The summed E-state index contributed by atoms with van der Waals surface area (Å²) in [5.74, 6) is -2.07. The molecule has 8 nitrogen and oxygen atoms in total. The maximum absolute atomic E-state index is 12.5. The Bertz CT molecular complexity index is 534. The molecule has 0 aliphatic carbocycles. The maximum Gasteiger partial charge on any atom is 0.326 e. The van der Waals surface area contributed by atoms with Crippen LogP contribution in [-0.2, 0) is 19.6 Å². The number of nitrogens with zero attached hydrogens (tertiary/aromatic N) is 2. The zero-order valence-electron chi connectivity index (χ0n) is 11.8. The highest BCUT2D eigenvalue weighted by Crippen LogP contribution is 2.26. The van der Waals surface area contributed by atoms with Gasteiger partial charge < -0.3 is 15.1 Å². The first-order valence-electron chi connectivity index (χ1n) is 6.86. The van der Waals surface area contributed by atoms with Gasteiger partial charge in [0.05, 0.1) is 18.3 Å². The van der Waals surface area contributed by atoms with Crippen molar-refractivity contribution in [1.82, 2.24) is 9.21 Å². The second-order valence-corrected chi connectivity index (χ2v) is 7.68. The Morgan fingerprint density at radius 3 is 2.48 bits per heavy atom. The Labute approximate surface area is 123 Å². The summed E-state index contributed by atoms with van der Waals surface area (Å²) in [6.45, 7) is 0.454. The third-order valence-electron chi connectivity index (χ3n) is 4.05. The predicted octanol–water partition coefficient (Wildman–Crippen LogP) is -1.30. The summed E-state index contributed by atoms with van der Waals surface area (Å²) >= 11 is 0. The highest BCUT2D eigenvalue weighted by atomic mass is 32.2. The summed E-state index contributed by atoms with van der Waals surface area (Å²) in [6, 6.07) is -1.03. The SMILES string of the molecule is CS(=O)(=O)N1CCCC(C(=O)N2CC(O)CC2C(=O)O)C1. The molecule has 1 amide bonds. The van der Waals surface area contributed by atoms with Gasteiger partial charge in [0.15, 0.2) is 0 Å². The number of carbonyl (C=O) groups excluding carboxylic acids is 1. The number of sulfonamides is 1. The van der Waals surface area contributed by atoms with Gasteiger partial charge in [-0.3, -0.25) is 4.79 Å². The van der Waals surface area contributed by atoms with Crippen LogP contribution in [0, 0.1) is 5.92 Å². The molecule has 2 saturated heterocycles. The van der Waals surface area contributed by atoms with Crippen LogP contribution < -0.4 is 0 Å². The first-order valence-corrected chi connectivity index (χ1v) is 8.71. The van der Waals surface area contributed by atoms with Gasteiger partial charge in [-0.15, -0.1) is 0 Å². The molecule has 0 bridgehead atoms. The number of carbonyl (C=O) groups is 2. The minimum absolute atomic E-state index is 0.00875. The fourth-order valence-electron chi connectivity index (χ4n) is 2.97. The van der Waals surface area contributed by atoms with Crippen molar-refractivity contribution >= 4 is 21.9 Å². The van der Waals surface area contributed by atoms with Crippen LogP contribution in [0.1, 0.15) is 19.3 Å². The smallest absolute Gasteiger partial charge is 0.326 e. The van der Waals surface area contributed by atoms with Crippen LogP contribution in [0.5, 0.6) is 0 Å². The van der Waals surface area contributed by atoms with E-state index in [4.69, 9.17) is 5.11 Å². The molecule has 0 aromatic heterocycles. The molecule has 9 heteroatoms. The molecule has 0 aromatic rings. The van der Waals surface area contributed by atoms with E-state index in [1.165, 1.54) is 9.21 Å². The lowest BCUT2D eigenvalue weighted by Crippen LogP contribution is -2.49. The van der Waals surface area contributed by atoms with Crippen LogP contribution in [-0.4, -0.2) is 77.7 Å². The summed E-state index contributed by atoms with van der Waals surface area (Å²) in [7, 11) is -3.36. The fraction of sp³-hybridized carbons (Fsp3) is 0.833. The average Bonchev–Trinajstić information content (AvgIpc) is 2.79. The Kier molecular flexibility index (Phi) is 4.54. The van der Waals surface area contributed by atoms with Crippen LogP contribution >= 0.6 is 0 Å². The molecule has 2 N–H and O–H groups in total. The van der Waals surface area contributed by atoms with Crippen LogP contribution in [0.2, 0.25) is 0 Å². The zero-order valence-corrected chi connectivity index (χ0v) is 12.6. The maximum atomic E-state index is 12.5. The first kappa shape index (κ1) is 16.2. The van der Waals surface area contributed by atoms with E-state index in [0.717, 1.165) is 6.26 Å². The number of aliphatic carboxylic acids is 1. The monoisotopic (exact) mass is 320 g/mol. The van der Waals surface area contributed by atoms with Crippen molar-refractivity contribution in [3.05, 3.63) is 0 Å². The average molecular weight is 320 g/mol. The molecule has 120 valence electrons. The number of hydrogen-bond acceptors (Lipinski definition) is 5. The van der Waals surface area contributed by atoms with E-state index in [9.17, 15) is 23.1 Å². The normalized spacial score (nSPS) is 31.3. The molecule has 2 fully saturated rings. The molecule has 3 unspecified atom stereocenters. The Morgan fingerprint density at radius 1 is 1.24 bits per heavy atom. The lowest BCUT2D eigenvalue weighted by atomic mass is 9.97. The molecule has 0 radical (unpaired) electrons. The van der Waals surface area contributed by atoms with Gasteiger partial charge in [-0.1, -0.05) is 0 Å². The predicted molar refractivity (Wildman–Crippen MR) is 72.9 cm³/mol. The zero-order chi connectivity index (χ0) is 15.8. The van der Waals surface area contributed by atoms with E-state index in [2.05, 4.69) is 0 Å². The summed E-state index contributed by atoms with van der Waals surface area (Å²) in [5, 5.41) is 18.7. The number of aliphatic hydroxyl groups is 1.